The van der Waals surface area contributed by atoms with Gasteiger partial charge in [0.1, 0.15) is 5.69 Å². The molecular weight excluding hydrogens is 667 g/mol. The second-order valence-electron chi connectivity index (χ2n) is 8.44. The van der Waals surface area contributed by atoms with Gasteiger partial charge in [0.15, 0.2) is 0 Å². The SMILES string of the molecule is O=C(Nc1ccc(S(=O)(=O)NCCSOOO)cc1)c1ccc(C(=O)Nc2ccc(S(=O)(=O)NCCS(=O)(=O)O)cc2)nc1. The summed E-state index contributed by atoms with van der Waals surface area (Å²) in [5, 5.41) is 16.5. The van der Waals surface area contributed by atoms with E-state index in [-0.39, 0.29) is 39.0 Å². The predicted molar refractivity (Wildman–Crippen MR) is 157 cm³/mol. The third-order valence-electron chi connectivity index (χ3n) is 5.31. The summed E-state index contributed by atoms with van der Waals surface area (Å²) in [6, 6.07) is 12.9. The van der Waals surface area contributed by atoms with E-state index >= 15 is 0 Å². The van der Waals surface area contributed by atoms with E-state index in [2.05, 4.69) is 29.7 Å². The molecule has 1 aromatic heterocycles. The molecule has 21 heteroatoms. The smallest absolute Gasteiger partial charge is 0.274 e. The molecule has 0 bridgehead atoms. The summed E-state index contributed by atoms with van der Waals surface area (Å²) in [7, 11) is -12.2. The van der Waals surface area contributed by atoms with Gasteiger partial charge in [0.25, 0.3) is 21.9 Å². The fourth-order valence-electron chi connectivity index (χ4n) is 3.24. The molecule has 0 atom stereocenters. The maximum atomic E-state index is 12.6. The monoisotopic (exact) mass is 691 g/mol. The topological polar surface area (TPSA) is 256 Å². The quantitative estimate of drug-likeness (QED) is 0.0404. The molecule has 2 aromatic carbocycles. The Morgan fingerprint density at radius 2 is 1.27 bits per heavy atom. The van der Waals surface area contributed by atoms with E-state index in [1.165, 1.54) is 60.7 Å². The summed E-state index contributed by atoms with van der Waals surface area (Å²) in [6.45, 7) is -0.539. The zero-order valence-corrected chi connectivity index (χ0v) is 25.5. The lowest BCUT2D eigenvalue weighted by Gasteiger charge is -2.09. The largest absolute Gasteiger partial charge is 0.322 e. The van der Waals surface area contributed by atoms with Crippen LogP contribution in [0.1, 0.15) is 20.8 Å². The molecule has 0 fully saturated rings. The maximum absolute atomic E-state index is 12.6. The van der Waals surface area contributed by atoms with E-state index in [0.717, 1.165) is 6.20 Å². The number of amides is 2. The Kier molecular flexibility index (Phi) is 12.3. The van der Waals surface area contributed by atoms with Crippen LogP contribution in [-0.2, 0) is 39.5 Å². The molecular formula is C23H25N5O12S4. The average molecular weight is 692 g/mol. The Hall–Kier alpha value is -3.51. The highest BCUT2D eigenvalue weighted by Crippen LogP contribution is 2.17. The number of rotatable bonds is 16. The summed E-state index contributed by atoms with van der Waals surface area (Å²) >= 11 is 0.689. The van der Waals surface area contributed by atoms with Gasteiger partial charge in [-0.3, -0.25) is 19.1 Å². The predicted octanol–water partition coefficient (Wildman–Crippen LogP) is 1.10. The molecule has 17 nitrogen and oxygen atoms in total. The Labute approximate surface area is 256 Å². The number of benzene rings is 2. The molecule has 6 N–H and O–H groups in total. The van der Waals surface area contributed by atoms with Crippen LogP contribution in [-0.4, -0.2) is 76.5 Å². The van der Waals surface area contributed by atoms with Crippen molar-refractivity contribution < 1.29 is 54.0 Å². The molecule has 44 heavy (non-hydrogen) atoms. The molecule has 3 aromatic rings. The van der Waals surface area contributed by atoms with Crippen LogP contribution < -0.4 is 20.1 Å². The van der Waals surface area contributed by atoms with Crippen LogP contribution in [0.25, 0.3) is 0 Å². The van der Waals surface area contributed by atoms with E-state index in [9.17, 15) is 34.8 Å². The third-order valence-corrected chi connectivity index (χ3v) is 9.51. The normalized spacial score (nSPS) is 12.0. The standard InChI is InChI=1S/C23H25N5O12S4/c29-22(27-17-2-6-19(7-3-17)43(35,36)25-11-13-41-40-39-31)16-1-10-21(24-15-16)23(30)28-18-4-8-20(9-5-18)44(37,38)26-12-14-42(32,33)34/h1-10,15,25-26,31H,11-14H2,(H,27,29)(H,28,30)(H,32,33,34). The van der Waals surface area contributed by atoms with E-state index in [1.807, 2.05) is 4.72 Å². The highest BCUT2D eigenvalue weighted by molar-refractivity contribution is 7.94. The second-order valence-corrected chi connectivity index (χ2v) is 14.3. The molecule has 0 aliphatic carbocycles. The van der Waals surface area contributed by atoms with Gasteiger partial charge in [0, 0.05) is 48.5 Å². The number of hydrogen-bond donors (Lipinski definition) is 6. The Morgan fingerprint density at radius 3 is 1.75 bits per heavy atom. The average Bonchev–Trinajstić information content (AvgIpc) is 2.97. The van der Waals surface area contributed by atoms with E-state index in [1.54, 1.807) is 0 Å². The van der Waals surface area contributed by atoms with Gasteiger partial charge in [-0.05, 0) is 60.7 Å². The van der Waals surface area contributed by atoms with Crippen molar-refractivity contribution in [1.82, 2.24) is 14.4 Å². The lowest BCUT2D eigenvalue weighted by molar-refractivity contribution is -0.432. The van der Waals surface area contributed by atoms with Gasteiger partial charge in [0.2, 0.25) is 20.0 Å². The molecule has 2 amide bonds. The summed E-state index contributed by atoms with van der Waals surface area (Å²) in [4.78, 5) is 28.9. The van der Waals surface area contributed by atoms with E-state index < -0.39 is 54.3 Å². The number of nitrogens with zero attached hydrogens (tertiary/aromatic N) is 1. The number of carbonyl (C=O) groups is 2. The van der Waals surface area contributed by atoms with Gasteiger partial charge < -0.3 is 10.6 Å². The van der Waals surface area contributed by atoms with Crippen molar-refractivity contribution in [2.75, 3.05) is 35.2 Å². The highest BCUT2D eigenvalue weighted by atomic mass is 32.2. The molecule has 0 saturated carbocycles. The van der Waals surface area contributed by atoms with E-state index in [4.69, 9.17) is 9.81 Å². The van der Waals surface area contributed by atoms with Crippen molar-refractivity contribution in [3.05, 3.63) is 78.1 Å². The lowest BCUT2D eigenvalue weighted by Crippen LogP contribution is -2.29. The van der Waals surface area contributed by atoms with Crippen LogP contribution >= 0.6 is 12.0 Å². The summed E-state index contributed by atoms with van der Waals surface area (Å²) < 4.78 is 87.8. The van der Waals surface area contributed by atoms with Crippen molar-refractivity contribution in [2.24, 2.45) is 0 Å². The van der Waals surface area contributed by atoms with Crippen LogP contribution in [0, 0.1) is 0 Å². The minimum atomic E-state index is -4.34. The molecule has 0 radical (unpaired) electrons. The summed E-state index contributed by atoms with van der Waals surface area (Å²) in [5.74, 6) is -1.88. The molecule has 0 unspecified atom stereocenters. The molecule has 0 aliphatic rings. The fraction of sp³-hybridized carbons (Fsp3) is 0.174. The van der Waals surface area contributed by atoms with Crippen molar-refractivity contribution >= 4 is 65.4 Å². The molecule has 1 heterocycles. The second kappa shape index (κ2) is 15.5. The first-order valence-corrected chi connectivity index (χ1v) is 17.5. The first-order chi connectivity index (χ1) is 20.7. The van der Waals surface area contributed by atoms with Crippen molar-refractivity contribution in [2.45, 2.75) is 9.79 Å². The maximum Gasteiger partial charge on any atom is 0.274 e. The third kappa shape index (κ3) is 10.9. The number of pyridine rings is 1. The van der Waals surface area contributed by atoms with Gasteiger partial charge in [-0.25, -0.2) is 31.5 Å². The van der Waals surface area contributed by atoms with Crippen LogP contribution in [0.4, 0.5) is 11.4 Å². The van der Waals surface area contributed by atoms with Crippen molar-refractivity contribution in [1.29, 1.82) is 0 Å². The molecule has 0 aliphatic heterocycles. The number of anilines is 2. The number of aromatic nitrogens is 1. The van der Waals surface area contributed by atoms with Crippen LogP contribution in [0.15, 0.2) is 76.7 Å². The zero-order valence-electron chi connectivity index (χ0n) is 22.2. The van der Waals surface area contributed by atoms with Crippen LogP contribution in [0.5, 0.6) is 0 Å². The zero-order chi connectivity index (χ0) is 32.4. The lowest BCUT2D eigenvalue weighted by atomic mass is 10.2. The first-order valence-electron chi connectivity index (χ1n) is 12.0. The van der Waals surface area contributed by atoms with Crippen molar-refractivity contribution in [3.8, 4) is 0 Å². The molecule has 238 valence electrons. The van der Waals surface area contributed by atoms with Gasteiger partial charge >= 0.3 is 0 Å². The first kappa shape index (κ1) is 35.0. The van der Waals surface area contributed by atoms with Gasteiger partial charge in [-0.2, -0.15) is 8.42 Å². The summed E-state index contributed by atoms with van der Waals surface area (Å²) in [5.41, 5.74) is 0.558. The summed E-state index contributed by atoms with van der Waals surface area (Å²) in [6.07, 6.45) is 1.16. The minimum absolute atomic E-state index is 0.00575. The Bertz CT molecular complexity index is 1770. The van der Waals surface area contributed by atoms with Gasteiger partial charge in [-0.15, -0.1) is 4.33 Å². The minimum Gasteiger partial charge on any atom is -0.322 e. The fourth-order valence-corrected chi connectivity index (χ4v) is 6.22. The number of nitrogens with one attached hydrogen (secondary N) is 4. The van der Waals surface area contributed by atoms with Crippen molar-refractivity contribution in [3.63, 3.8) is 0 Å². The number of hydrogen-bond acceptors (Lipinski definition) is 13. The molecule has 3 rings (SSSR count). The Morgan fingerprint density at radius 1 is 0.750 bits per heavy atom. The van der Waals surface area contributed by atoms with Crippen LogP contribution in [0.3, 0.4) is 0 Å². The highest BCUT2D eigenvalue weighted by Gasteiger charge is 2.17. The Balaban J connectivity index is 1.54. The van der Waals surface area contributed by atoms with E-state index in [0.29, 0.717) is 17.7 Å². The van der Waals surface area contributed by atoms with Gasteiger partial charge in [-0.1, -0.05) is 5.04 Å². The number of carbonyl (C=O) groups excluding carboxylic acids is 2. The molecule has 0 saturated heterocycles. The van der Waals surface area contributed by atoms with Crippen LogP contribution in [0.2, 0.25) is 0 Å². The molecule has 0 spiro atoms. The number of sulfonamides is 2. The van der Waals surface area contributed by atoms with Gasteiger partial charge in [0.05, 0.1) is 21.1 Å².